The molecule has 2 aromatic rings. The van der Waals surface area contributed by atoms with E-state index < -0.39 is 0 Å². The first-order chi connectivity index (χ1) is 8.83. The standard InChI is InChI=1S/C14H15BN3/c1-17-9-10-18(15-17)14-8-7-13(11-16-14)12-5-3-2-4-6-12/h2-8,11H,9-10H2,1H3. The molecular weight excluding hydrogens is 221 g/mol. The summed E-state index contributed by atoms with van der Waals surface area (Å²) in [6, 6.07) is 14.5. The Morgan fingerprint density at radius 1 is 1.00 bits per heavy atom. The van der Waals surface area contributed by atoms with Crippen LogP contribution in [0.1, 0.15) is 0 Å². The first kappa shape index (κ1) is 11.3. The van der Waals surface area contributed by atoms with Crippen molar-refractivity contribution in [3.63, 3.8) is 0 Å². The highest BCUT2D eigenvalue weighted by molar-refractivity contribution is 6.39. The van der Waals surface area contributed by atoms with Gasteiger partial charge in [-0.15, -0.1) is 0 Å². The lowest BCUT2D eigenvalue weighted by Crippen LogP contribution is -2.27. The van der Waals surface area contributed by atoms with Crippen molar-refractivity contribution in [3.8, 4) is 11.1 Å². The Balaban J connectivity index is 1.81. The molecule has 1 aromatic heterocycles. The van der Waals surface area contributed by atoms with Gasteiger partial charge in [-0.2, -0.15) is 0 Å². The third kappa shape index (κ3) is 2.24. The molecule has 89 valence electrons. The summed E-state index contributed by atoms with van der Waals surface area (Å²) < 4.78 is 0. The number of rotatable bonds is 2. The third-order valence-electron chi connectivity index (χ3n) is 3.18. The van der Waals surface area contributed by atoms with Gasteiger partial charge in [0.15, 0.2) is 0 Å². The minimum absolute atomic E-state index is 1.01. The molecule has 0 unspecified atom stereocenters. The second-order valence-electron chi connectivity index (χ2n) is 4.56. The molecule has 0 atom stereocenters. The Hall–Kier alpha value is -1.81. The molecule has 3 rings (SSSR count). The number of nitrogens with zero attached hydrogens (tertiary/aromatic N) is 3. The van der Waals surface area contributed by atoms with Gasteiger partial charge in [-0.25, -0.2) is 4.98 Å². The fraction of sp³-hybridized carbons (Fsp3) is 0.214. The van der Waals surface area contributed by atoms with E-state index in [0.29, 0.717) is 0 Å². The zero-order chi connectivity index (χ0) is 12.4. The van der Waals surface area contributed by atoms with E-state index in [1.54, 1.807) is 0 Å². The summed E-state index contributed by atoms with van der Waals surface area (Å²) in [6.45, 7) is 2.07. The van der Waals surface area contributed by atoms with E-state index >= 15 is 0 Å². The molecular formula is C14H15BN3. The van der Waals surface area contributed by atoms with Gasteiger partial charge in [0.1, 0.15) is 5.82 Å². The monoisotopic (exact) mass is 236 g/mol. The SMILES string of the molecule is CN1[B]N(c2ccc(-c3ccccc3)cn2)CC1. The fourth-order valence-corrected chi connectivity index (χ4v) is 2.15. The Morgan fingerprint density at radius 2 is 1.83 bits per heavy atom. The van der Waals surface area contributed by atoms with Crippen LogP contribution in [0.5, 0.6) is 0 Å². The Bertz CT molecular complexity index is 512. The van der Waals surface area contributed by atoms with Crippen LogP contribution in [0.15, 0.2) is 48.7 Å². The molecule has 1 aliphatic heterocycles. The van der Waals surface area contributed by atoms with Gasteiger partial charge in [0, 0.05) is 24.8 Å². The summed E-state index contributed by atoms with van der Waals surface area (Å²) in [6.07, 6.45) is 1.94. The number of pyridine rings is 1. The fourth-order valence-electron chi connectivity index (χ4n) is 2.15. The smallest absolute Gasteiger partial charge is 0.353 e. The molecule has 2 heterocycles. The summed E-state index contributed by atoms with van der Waals surface area (Å²) in [5.74, 6) is 1.01. The van der Waals surface area contributed by atoms with Crippen molar-refractivity contribution < 1.29 is 0 Å². The van der Waals surface area contributed by atoms with Crippen molar-refractivity contribution in [2.45, 2.75) is 0 Å². The number of benzene rings is 1. The molecule has 18 heavy (non-hydrogen) atoms. The molecule has 0 spiro atoms. The molecule has 0 saturated carbocycles. The summed E-state index contributed by atoms with van der Waals surface area (Å²) in [7, 11) is 4.18. The minimum atomic E-state index is 1.01. The van der Waals surface area contributed by atoms with E-state index in [1.807, 2.05) is 24.4 Å². The van der Waals surface area contributed by atoms with Crippen LogP contribution >= 0.6 is 0 Å². The first-order valence-electron chi connectivity index (χ1n) is 6.16. The van der Waals surface area contributed by atoms with Gasteiger partial charge in [0.05, 0.1) is 0 Å². The van der Waals surface area contributed by atoms with E-state index in [9.17, 15) is 0 Å². The number of likely N-dealkylation sites (N-methyl/N-ethyl adjacent to an activating group) is 1. The predicted molar refractivity (Wildman–Crippen MR) is 75.4 cm³/mol. The average Bonchev–Trinajstić information content (AvgIpc) is 2.87. The van der Waals surface area contributed by atoms with Crippen molar-refractivity contribution in [2.75, 3.05) is 24.9 Å². The lowest BCUT2D eigenvalue weighted by Gasteiger charge is -2.15. The Kier molecular flexibility index (Phi) is 3.03. The van der Waals surface area contributed by atoms with Gasteiger partial charge in [0.25, 0.3) is 0 Å². The maximum atomic E-state index is 4.54. The highest BCUT2D eigenvalue weighted by atomic mass is 15.3. The highest BCUT2D eigenvalue weighted by Gasteiger charge is 2.20. The average molecular weight is 236 g/mol. The molecule has 0 bridgehead atoms. The van der Waals surface area contributed by atoms with Gasteiger partial charge in [-0.1, -0.05) is 30.3 Å². The second kappa shape index (κ2) is 4.82. The van der Waals surface area contributed by atoms with Crippen molar-refractivity contribution >= 4 is 13.4 Å². The largest absolute Gasteiger partial charge is 0.388 e. The maximum absolute atomic E-state index is 4.54. The highest BCUT2D eigenvalue weighted by Crippen LogP contribution is 2.21. The van der Waals surface area contributed by atoms with Crippen LogP contribution in [0.2, 0.25) is 0 Å². The number of aromatic nitrogens is 1. The van der Waals surface area contributed by atoms with Crippen molar-refractivity contribution in [1.29, 1.82) is 0 Å². The topological polar surface area (TPSA) is 19.4 Å². The quantitative estimate of drug-likeness (QED) is 0.744. The predicted octanol–water partition coefficient (Wildman–Crippen LogP) is 2.03. The summed E-state index contributed by atoms with van der Waals surface area (Å²) in [5.41, 5.74) is 2.37. The minimum Gasteiger partial charge on any atom is -0.388 e. The molecule has 4 heteroatoms. The van der Waals surface area contributed by atoms with Crippen molar-refractivity contribution in [3.05, 3.63) is 48.7 Å². The van der Waals surface area contributed by atoms with Crippen LogP contribution in [0, 0.1) is 0 Å². The van der Waals surface area contributed by atoms with Crippen LogP contribution in [0.3, 0.4) is 0 Å². The van der Waals surface area contributed by atoms with Gasteiger partial charge < -0.3 is 9.62 Å². The van der Waals surface area contributed by atoms with Gasteiger partial charge in [-0.3, -0.25) is 0 Å². The summed E-state index contributed by atoms with van der Waals surface area (Å²) in [4.78, 5) is 8.89. The van der Waals surface area contributed by atoms with E-state index in [0.717, 1.165) is 24.5 Å². The zero-order valence-electron chi connectivity index (χ0n) is 10.5. The molecule has 1 saturated heterocycles. The molecule has 1 aliphatic rings. The molecule has 1 radical (unpaired) electrons. The molecule has 3 nitrogen and oxygen atoms in total. The van der Waals surface area contributed by atoms with E-state index in [4.69, 9.17) is 0 Å². The zero-order valence-corrected chi connectivity index (χ0v) is 10.5. The summed E-state index contributed by atoms with van der Waals surface area (Å²) >= 11 is 0. The van der Waals surface area contributed by atoms with Crippen LogP contribution in [-0.4, -0.2) is 37.5 Å². The normalized spacial score (nSPS) is 15.7. The lowest BCUT2D eigenvalue weighted by atomic mass is 10.1. The Morgan fingerprint density at radius 3 is 2.44 bits per heavy atom. The first-order valence-corrected chi connectivity index (χ1v) is 6.16. The molecule has 1 fully saturated rings. The number of hydrogen-bond acceptors (Lipinski definition) is 3. The van der Waals surface area contributed by atoms with E-state index in [1.165, 1.54) is 5.56 Å². The third-order valence-corrected chi connectivity index (χ3v) is 3.18. The van der Waals surface area contributed by atoms with E-state index in [-0.39, 0.29) is 0 Å². The van der Waals surface area contributed by atoms with Crippen LogP contribution in [-0.2, 0) is 0 Å². The van der Waals surface area contributed by atoms with Gasteiger partial charge in [-0.05, 0) is 24.7 Å². The molecule has 0 N–H and O–H groups in total. The van der Waals surface area contributed by atoms with Gasteiger partial charge in [0.2, 0.25) is 0 Å². The van der Waals surface area contributed by atoms with E-state index in [2.05, 4.69) is 53.5 Å². The van der Waals surface area contributed by atoms with Crippen LogP contribution in [0.4, 0.5) is 5.82 Å². The van der Waals surface area contributed by atoms with Crippen LogP contribution in [0.25, 0.3) is 11.1 Å². The number of anilines is 1. The van der Waals surface area contributed by atoms with Crippen molar-refractivity contribution in [1.82, 2.24) is 9.79 Å². The lowest BCUT2D eigenvalue weighted by molar-refractivity contribution is 0.590. The molecule has 0 aliphatic carbocycles. The molecule has 0 amide bonds. The second-order valence-corrected chi connectivity index (χ2v) is 4.56. The van der Waals surface area contributed by atoms with Crippen LogP contribution < -0.4 is 4.81 Å². The number of hydrogen-bond donors (Lipinski definition) is 0. The Labute approximate surface area is 108 Å². The maximum Gasteiger partial charge on any atom is 0.353 e. The van der Waals surface area contributed by atoms with Gasteiger partial charge >= 0.3 is 7.55 Å². The molecule has 1 aromatic carbocycles. The van der Waals surface area contributed by atoms with Crippen molar-refractivity contribution in [2.24, 2.45) is 0 Å². The summed E-state index contributed by atoms with van der Waals surface area (Å²) in [5, 5.41) is 0.